The minimum atomic E-state index is -0.642. The SMILES string of the molecule is CCOC(=O)c1cc2c(=O)n3ccccc3nc2n(C(C)C)c1=NC(=O)C(C)C. The first-order chi connectivity index (χ1) is 13.8. The fourth-order valence-electron chi connectivity index (χ4n) is 3.04. The van der Waals surface area contributed by atoms with Gasteiger partial charge in [0.05, 0.1) is 12.0 Å². The molecule has 29 heavy (non-hydrogen) atoms. The number of nitrogens with zero attached hydrogens (tertiary/aromatic N) is 4. The molecule has 0 fully saturated rings. The van der Waals surface area contributed by atoms with E-state index in [0.29, 0.717) is 11.3 Å². The van der Waals surface area contributed by atoms with Crippen LogP contribution in [0.4, 0.5) is 0 Å². The molecule has 8 nitrogen and oxygen atoms in total. The third-order valence-corrected chi connectivity index (χ3v) is 4.46. The fourth-order valence-corrected chi connectivity index (χ4v) is 3.04. The van der Waals surface area contributed by atoms with E-state index in [0.717, 1.165) is 0 Å². The molecule has 0 radical (unpaired) electrons. The Labute approximate surface area is 167 Å². The van der Waals surface area contributed by atoms with Crippen molar-refractivity contribution in [1.29, 1.82) is 0 Å². The number of ether oxygens (including phenoxy) is 1. The Bertz CT molecular complexity index is 1240. The van der Waals surface area contributed by atoms with E-state index in [2.05, 4.69) is 9.98 Å². The molecule has 0 aliphatic carbocycles. The number of amides is 1. The van der Waals surface area contributed by atoms with Crippen molar-refractivity contribution in [3.8, 4) is 0 Å². The molecule has 1 amide bonds. The van der Waals surface area contributed by atoms with E-state index in [9.17, 15) is 14.4 Å². The number of pyridine rings is 2. The number of carbonyl (C=O) groups excluding carboxylic acids is 2. The van der Waals surface area contributed by atoms with Gasteiger partial charge in [0.15, 0.2) is 5.49 Å². The molecular formula is C21H24N4O4. The van der Waals surface area contributed by atoms with E-state index in [4.69, 9.17) is 4.74 Å². The van der Waals surface area contributed by atoms with E-state index in [1.807, 2.05) is 13.8 Å². The summed E-state index contributed by atoms with van der Waals surface area (Å²) in [7, 11) is 0. The lowest BCUT2D eigenvalue weighted by atomic mass is 10.1. The van der Waals surface area contributed by atoms with E-state index in [1.54, 1.807) is 49.7 Å². The average molecular weight is 396 g/mol. The van der Waals surface area contributed by atoms with Crippen LogP contribution in [0.5, 0.6) is 0 Å². The molecule has 0 aromatic carbocycles. The van der Waals surface area contributed by atoms with Gasteiger partial charge in [0.25, 0.3) is 5.56 Å². The summed E-state index contributed by atoms with van der Waals surface area (Å²) in [6.07, 6.45) is 1.62. The van der Waals surface area contributed by atoms with Crippen LogP contribution in [0.25, 0.3) is 16.7 Å². The second kappa shape index (κ2) is 7.98. The summed E-state index contributed by atoms with van der Waals surface area (Å²) >= 11 is 0. The molecule has 0 aliphatic rings. The van der Waals surface area contributed by atoms with Gasteiger partial charge in [-0.15, -0.1) is 0 Å². The van der Waals surface area contributed by atoms with Crippen LogP contribution in [0.2, 0.25) is 0 Å². The lowest BCUT2D eigenvalue weighted by Gasteiger charge is -2.18. The Balaban J connectivity index is 2.57. The second-order valence-corrected chi connectivity index (χ2v) is 7.25. The average Bonchev–Trinajstić information content (AvgIpc) is 2.67. The molecule has 152 valence electrons. The molecule has 3 heterocycles. The standard InChI is InChI=1S/C21H24N4O4/c1-6-29-21(28)15-11-14-17(22-16-9-7-8-10-24(16)20(14)27)25(13(4)5)18(15)23-19(26)12(2)3/h7-13H,6H2,1-5H3. The van der Waals surface area contributed by atoms with Crippen molar-refractivity contribution in [3.63, 3.8) is 0 Å². The minimum absolute atomic E-state index is 0.0665. The highest BCUT2D eigenvalue weighted by atomic mass is 16.5. The van der Waals surface area contributed by atoms with Crippen LogP contribution in [0, 0.1) is 5.92 Å². The molecule has 3 aromatic rings. The molecule has 0 bridgehead atoms. The number of rotatable bonds is 4. The zero-order valence-electron chi connectivity index (χ0n) is 17.2. The van der Waals surface area contributed by atoms with Gasteiger partial charge in [0.1, 0.15) is 16.9 Å². The van der Waals surface area contributed by atoms with Crippen molar-refractivity contribution in [1.82, 2.24) is 14.0 Å². The van der Waals surface area contributed by atoms with E-state index < -0.39 is 5.97 Å². The first-order valence-corrected chi connectivity index (χ1v) is 9.58. The summed E-state index contributed by atoms with van der Waals surface area (Å²) in [4.78, 5) is 47.0. The van der Waals surface area contributed by atoms with Crippen molar-refractivity contribution >= 4 is 28.6 Å². The lowest BCUT2D eigenvalue weighted by molar-refractivity contribution is -0.120. The molecule has 0 aliphatic heterocycles. The number of fused-ring (bicyclic) bond motifs is 2. The second-order valence-electron chi connectivity index (χ2n) is 7.25. The maximum absolute atomic E-state index is 13.1. The molecule has 0 unspecified atom stereocenters. The smallest absolute Gasteiger partial charge is 0.341 e. The van der Waals surface area contributed by atoms with E-state index in [-0.39, 0.29) is 46.5 Å². The van der Waals surface area contributed by atoms with Crippen LogP contribution in [0.1, 0.15) is 51.0 Å². The van der Waals surface area contributed by atoms with Gasteiger partial charge in [-0.1, -0.05) is 19.9 Å². The van der Waals surface area contributed by atoms with Crippen molar-refractivity contribution in [2.24, 2.45) is 10.9 Å². The van der Waals surface area contributed by atoms with Crippen molar-refractivity contribution in [3.05, 3.63) is 51.9 Å². The fraction of sp³-hybridized carbons (Fsp3) is 0.381. The monoisotopic (exact) mass is 396 g/mol. The third-order valence-electron chi connectivity index (χ3n) is 4.46. The van der Waals surface area contributed by atoms with Gasteiger partial charge < -0.3 is 9.30 Å². The van der Waals surface area contributed by atoms with Crippen molar-refractivity contribution < 1.29 is 14.3 Å². The van der Waals surface area contributed by atoms with Crippen LogP contribution >= 0.6 is 0 Å². The molecule has 0 atom stereocenters. The Kier molecular flexibility index (Phi) is 5.63. The number of esters is 1. The van der Waals surface area contributed by atoms with Crippen molar-refractivity contribution in [2.75, 3.05) is 6.61 Å². The van der Waals surface area contributed by atoms with Crippen molar-refractivity contribution in [2.45, 2.75) is 40.7 Å². The molecular weight excluding hydrogens is 372 g/mol. The summed E-state index contributed by atoms with van der Waals surface area (Å²) in [6.45, 7) is 9.06. The van der Waals surface area contributed by atoms with Gasteiger partial charge in [-0.05, 0) is 39.0 Å². The minimum Gasteiger partial charge on any atom is -0.462 e. The Morgan fingerprint density at radius 2 is 1.93 bits per heavy atom. The quantitative estimate of drug-likeness (QED) is 0.499. The highest BCUT2D eigenvalue weighted by Gasteiger charge is 2.21. The van der Waals surface area contributed by atoms with Gasteiger partial charge in [0.2, 0.25) is 5.91 Å². The molecule has 8 heteroatoms. The van der Waals surface area contributed by atoms with Crippen LogP contribution in [0.3, 0.4) is 0 Å². The first-order valence-electron chi connectivity index (χ1n) is 9.58. The zero-order valence-corrected chi connectivity index (χ0v) is 17.2. The van der Waals surface area contributed by atoms with Gasteiger partial charge in [-0.2, -0.15) is 4.99 Å². The van der Waals surface area contributed by atoms with Crippen LogP contribution in [0.15, 0.2) is 40.2 Å². The van der Waals surface area contributed by atoms with Crippen LogP contribution in [-0.4, -0.2) is 32.4 Å². The number of aromatic nitrogens is 3. The normalized spacial score (nSPS) is 12.3. The number of hydrogen-bond donors (Lipinski definition) is 0. The Morgan fingerprint density at radius 1 is 1.21 bits per heavy atom. The molecule has 0 N–H and O–H groups in total. The summed E-state index contributed by atoms with van der Waals surface area (Å²) in [6, 6.07) is 6.45. The summed E-state index contributed by atoms with van der Waals surface area (Å²) in [5.41, 5.74) is 0.727. The zero-order chi connectivity index (χ0) is 21.3. The van der Waals surface area contributed by atoms with Gasteiger partial charge >= 0.3 is 5.97 Å². The molecule has 3 rings (SSSR count). The topological polar surface area (TPSA) is 95.0 Å². The molecule has 0 spiro atoms. The van der Waals surface area contributed by atoms with Crippen LogP contribution < -0.4 is 11.0 Å². The van der Waals surface area contributed by atoms with Gasteiger partial charge in [-0.25, -0.2) is 9.78 Å². The predicted octanol–water partition coefficient (Wildman–Crippen LogP) is 2.49. The van der Waals surface area contributed by atoms with E-state index in [1.165, 1.54) is 10.5 Å². The van der Waals surface area contributed by atoms with Gasteiger partial charge in [-0.3, -0.25) is 14.0 Å². The number of carbonyl (C=O) groups is 2. The molecule has 3 aromatic heterocycles. The highest BCUT2D eigenvalue weighted by Crippen LogP contribution is 2.15. The third kappa shape index (κ3) is 3.70. The predicted molar refractivity (Wildman–Crippen MR) is 109 cm³/mol. The first kappa shape index (κ1) is 20.4. The largest absolute Gasteiger partial charge is 0.462 e. The summed E-state index contributed by atoms with van der Waals surface area (Å²) < 4.78 is 8.23. The van der Waals surface area contributed by atoms with Gasteiger partial charge in [0, 0.05) is 18.2 Å². The number of hydrogen-bond acceptors (Lipinski definition) is 5. The van der Waals surface area contributed by atoms with E-state index >= 15 is 0 Å². The lowest BCUT2D eigenvalue weighted by Crippen LogP contribution is -2.34. The summed E-state index contributed by atoms with van der Waals surface area (Å²) in [5.74, 6) is -1.37. The highest BCUT2D eigenvalue weighted by molar-refractivity contribution is 5.93. The Morgan fingerprint density at radius 3 is 2.55 bits per heavy atom. The Hall–Kier alpha value is -3.29. The van der Waals surface area contributed by atoms with Crippen LogP contribution in [-0.2, 0) is 9.53 Å². The molecule has 0 saturated carbocycles. The summed E-state index contributed by atoms with van der Waals surface area (Å²) in [5, 5.41) is 0.251. The molecule has 0 saturated heterocycles. The maximum Gasteiger partial charge on any atom is 0.341 e. The maximum atomic E-state index is 13.1.